The molecule has 1 rings (SSSR count). The zero-order chi connectivity index (χ0) is 8.10. The minimum Gasteiger partial charge on any atom is -0.401 e. The van der Waals surface area contributed by atoms with Crippen molar-refractivity contribution >= 4 is 15.1 Å². The second-order valence-electron chi connectivity index (χ2n) is 2.57. The second kappa shape index (κ2) is 4.30. The molecule has 0 aromatic heterocycles. The summed E-state index contributed by atoms with van der Waals surface area (Å²) < 4.78 is 5.41. The summed E-state index contributed by atoms with van der Waals surface area (Å²) in [5.74, 6) is -0.0939. The Kier molecular flexibility index (Phi) is 3.32. The summed E-state index contributed by atoms with van der Waals surface area (Å²) in [6, 6.07) is 1.06. The van der Waals surface area contributed by atoms with E-state index in [0.29, 0.717) is 0 Å². The van der Waals surface area contributed by atoms with Crippen LogP contribution in [-0.4, -0.2) is 21.7 Å². The summed E-state index contributed by atoms with van der Waals surface area (Å²) in [7, 11) is -1.37. The summed E-state index contributed by atoms with van der Waals surface area (Å²) in [5, 5.41) is 0. The van der Waals surface area contributed by atoms with Gasteiger partial charge in [-0.15, -0.1) is 0 Å². The number of hydrogen-bond acceptors (Lipinski definition) is 2. The number of rotatable bonds is 2. The van der Waals surface area contributed by atoms with Crippen LogP contribution >= 0.6 is 0 Å². The van der Waals surface area contributed by atoms with E-state index in [1.54, 1.807) is 0 Å². The van der Waals surface area contributed by atoms with Gasteiger partial charge in [-0.05, 0) is 25.0 Å². The SMILES string of the molecule is C=CC(=O)N[SiH]1CCCCO1. The normalized spacial score (nSPS) is 24.2. The zero-order valence-electron chi connectivity index (χ0n) is 6.51. The van der Waals surface area contributed by atoms with Crippen LogP contribution in [0.25, 0.3) is 0 Å². The fraction of sp³-hybridized carbons (Fsp3) is 0.571. The molecule has 3 nitrogen and oxygen atoms in total. The van der Waals surface area contributed by atoms with E-state index >= 15 is 0 Å². The van der Waals surface area contributed by atoms with Gasteiger partial charge in [-0.25, -0.2) is 0 Å². The fourth-order valence-corrected chi connectivity index (χ4v) is 3.01. The maximum Gasteiger partial charge on any atom is 0.283 e. The third-order valence-corrected chi connectivity index (χ3v) is 3.85. The van der Waals surface area contributed by atoms with Gasteiger partial charge in [0.2, 0.25) is 5.91 Å². The van der Waals surface area contributed by atoms with E-state index in [2.05, 4.69) is 11.6 Å². The Bertz CT molecular complexity index is 155. The number of amides is 1. The summed E-state index contributed by atoms with van der Waals surface area (Å²) in [6.07, 6.45) is 3.62. The molecule has 1 saturated heterocycles. The minimum absolute atomic E-state index is 0.0939. The lowest BCUT2D eigenvalue weighted by Gasteiger charge is -2.20. The maximum atomic E-state index is 10.8. The molecule has 1 aliphatic rings. The van der Waals surface area contributed by atoms with E-state index in [1.165, 1.54) is 12.5 Å². The summed E-state index contributed by atoms with van der Waals surface area (Å²) in [6.45, 7) is 4.19. The van der Waals surface area contributed by atoms with Crippen molar-refractivity contribution in [2.45, 2.75) is 18.9 Å². The molecule has 1 fully saturated rings. The van der Waals surface area contributed by atoms with E-state index in [1.807, 2.05) is 0 Å². The highest BCUT2D eigenvalue weighted by atomic mass is 28.3. The monoisotopic (exact) mass is 171 g/mol. The van der Waals surface area contributed by atoms with Gasteiger partial charge >= 0.3 is 0 Å². The van der Waals surface area contributed by atoms with Gasteiger partial charge in [0.05, 0.1) is 0 Å². The van der Waals surface area contributed by atoms with Crippen LogP contribution in [0.15, 0.2) is 12.7 Å². The molecule has 0 aromatic carbocycles. The van der Waals surface area contributed by atoms with E-state index in [9.17, 15) is 4.79 Å². The van der Waals surface area contributed by atoms with Gasteiger partial charge in [0.15, 0.2) is 0 Å². The zero-order valence-corrected chi connectivity index (χ0v) is 7.66. The van der Waals surface area contributed by atoms with Gasteiger partial charge in [0, 0.05) is 6.61 Å². The van der Waals surface area contributed by atoms with Crippen LogP contribution in [0.4, 0.5) is 0 Å². The van der Waals surface area contributed by atoms with Gasteiger partial charge in [-0.1, -0.05) is 6.58 Å². The van der Waals surface area contributed by atoms with Crippen molar-refractivity contribution in [2.24, 2.45) is 0 Å². The largest absolute Gasteiger partial charge is 0.401 e. The quantitative estimate of drug-likeness (QED) is 0.480. The standard InChI is InChI=1S/C7H13NO2Si/c1-2-7(9)8-11-6-4-3-5-10-11/h2,11H,1,3-6H2,(H,8,9). The van der Waals surface area contributed by atoms with Crippen LogP contribution < -0.4 is 4.98 Å². The molecule has 1 heterocycles. The number of hydrogen-bond donors (Lipinski definition) is 1. The summed E-state index contributed by atoms with van der Waals surface area (Å²) in [5.41, 5.74) is 0. The van der Waals surface area contributed by atoms with Crippen LogP contribution in [-0.2, 0) is 9.22 Å². The first-order valence-corrected chi connectivity index (χ1v) is 5.74. The van der Waals surface area contributed by atoms with Gasteiger partial charge in [0.1, 0.15) is 0 Å². The molecular weight excluding hydrogens is 158 g/mol. The third kappa shape index (κ3) is 2.86. The van der Waals surface area contributed by atoms with Crippen molar-refractivity contribution in [3.63, 3.8) is 0 Å². The van der Waals surface area contributed by atoms with E-state index < -0.39 is 9.20 Å². The predicted molar refractivity (Wildman–Crippen MR) is 45.5 cm³/mol. The molecule has 62 valence electrons. The molecule has 0 saturated carbocycles. The molecular formula is C7H13NO2Si. The molecule has 1 aliphatic heterocycles. The van der Waals surface area contributed by atoms with Crippen LogP contribution in [0.1, 0.15) is 12.8 Å². The first kappa shape index (κ1) is 8.48. The molecule has 0 bridgehead atoms. The topological polar surface area (TPSA) is 38.3 Å². The van der Waals surface area contributed by atoms with Crippen LogP contribution in [0.3, 0.4) is 0 Å². The second-order valence-corrected chi connectivity index (χ2v) is 4.74. The Morgan fingerprint density at radius 2 is 2.45 bits per heavy atom. The molecule has 1 N–H and O–H groups in total. The highest BCUT2D eigenvalue weighted by Crippen LogP contribution is 2.08. The Balaban J connectivity index is 2.24. The third-order valence-electron chi connectivity index (χ3n) is 1.67. The average Bonchev–Trinajstić information content (AvgIpc) is 2.06. The molecule has 11 heavy (non-hydrogen) atoms. The Morgan fingerprint density at radius 3 is 3.00 bits per heavy atom. The molecule has 1 amide bonds. The molecule has 0 aliphatic carbocycles. The Labute approximate surface area is 68.2 Å². The maximum absolute atomic E-state index is 10.8. The number of carbonyl (C=O) groups excluding carboxylic acids is 1. The highest BCUT2D eigenvalue weighted by molar-refractivity contribution is 6.52. The lowest BCUT2D eigenvalue weighted by atomic mass is 10.4. The molecule has 0 radical (unpaired) electrons. The van der Waals surface area contributed by atoms with Crippen molar-refractivity contribution in [2.75, 3.05) is 6.61 Å². The Morgan fingerprint density at radius 1 is 1.64 bits per heavy atom. The molecule has 1 atom stereocenters. The first-order valence-electron chi connectivity index (χ1n) is 3.87. The van der Waals surface area contributed by atoms with Gasteiger partial charge in [-0.2, -0.15) is 0 Å². The number of carbonyl (C=O) groups is 1. The molecule has 4 heteroatoms. The summed E-state index contributed by atoms with van der Waals surface area (Å²) in [4.78, 5) is 13.6. The lowest BCUT2D eigenvalue weighted by Crippen LogP contribution is -2.42. The van der Waals surface area contributed by atoms with Crippen LogP contribution in [0.2, 0.25) is 6.04 Å². The Hall–Kier alpha value is -0.613. The highest BCUT2D eigenvalue weighted by Gasteiger charge is 2.17. The smallest absolute Gasteiger partial charge is 0.283 e. The van der Waals surface area contributed by atoms with Crippen molar-refractivity contribution < 1.29 is 9.22 Å². The van der Waals surface area contributed by atoms with Crippen molar-refractivity contribution in [1.82, 2.24) is 4.98 Å². The van der Waals surface area contributed by atoms with Gasteiger partial charge in [-0.3, -0.25) is 4.79 Å². The number of nitrogens with one attached hydrogen (secondary N) is 1. The van der Waals surface area contributed by atoms with E-state index in [-0.39, 0.29) is 5.91 Å². The van der Waals surface area contributed by atoms with Gasteiger partial charge in [0.25, 0.3) is 9.20 Å². The average molecular weight is 171 g/mol. The van der Waals surface area contributed by atoms with Gasteiger partial charge < -0.3 is 9.41 Å². The predicted octanol–water partition coefficient (Wildman–Crippen LogP) is 0.319. The lowest BCUT2D eigenvalue weighted by molar-refractivity contribution is -0.115. The van der Waals surface area contributed by atoms with Crippen molar-refractivity contribution in [1.29, 1.82) is 0 Å². The van der Waals surface area contributed by atoms with Crippen LogP contribution in [0, 0.1) is 0 Å². The van der Waals surface area contributed by atoms with Crippen molar-refractivity contribution in [3.05, 3.63) is 12.7 Å². The summed E-state index contributed by atoms with van der Waals surface area (Å²) >= 11 is 0. The molecule has 0 aromatic rings. The van der Waals surface area contributed by atoms with E-state index in [4.69, 9.17) is 4.43 Å². The molecule has 1 unspecified atom stereocenters. The first-order chi connectivity index (χ1) is 5.33. The molecule has 0 spiro atoms. The van der Waals surface area contributed by atoms with Crippen LogP contribution in [0.5, 0.6) is 0 Å². The van der Waals surface area contributed by atoms with Crippen molar-refractivity contribution in [3.8, 4) is 0 Å². The van der Waals surface area contributed by atoms with E-state index in [0.717, 1.165) is 19.1 Å². The fourth-order valence-electron chi connectivity index (χ4n) is 1.07. The minimum atomic E-state index is -1.37.